The van der Waals surface area contributed by atoms with Gasteiger partial charge in [0.25, 0.3) is 0 Å². The van der Waals surface area contributed by atoms with Crippen LogP contribution in [0, 0.1) is 6.92 Å². The molecule has 0 aliphatic carbocycles. The Hall–Kier alpha value is -2.84. The molecule has 0 fully saturated rings. The number of nitrogens with one attached hydrogen (secondary N) is 1. The zero-order valence-electron chi connectivity index (χ0n) is 12.9. The van der Waals surface area contributed by atoms with Gasteiger partial charge in [0, 0.05) is 37.1 Å². The van der Waals surface area contributed by atoms with Crippen molar-refractivity contribution in [1.82, 2.24) is 19.7 Å². The van der Waals surface area contributed by atoms with Crippen LogP contribution in [-0.2, 0) is 19.8 Å². The predicted molar refractivity (Wildman–Crippen MR) is 80.0 cm³/mol. The van der Waals surface area contributed by atoms with Crippen molar-refractivity contribution in [3.8, 4) is 11.3 Å². The monoisotopic (exact) mass is 337 g/mol. The summed E-state index contributed by atoms with van der Waals surface area (Å²) in [6, 6.07) is 3.05. The Kier molecular flexibility index (Phi) is 4.00. The maximum atomic E-state index is 12.9. The van der Waals surface area contributed by atoms with Crippen molar-refractivity contribution in [2.24, 2.45) is 7.05 Å². The van der Waals surface area contributed by atoms with Crippen LogP contribution in [0.3, 0.4) is 0 Å². The van der Waals surface area contributed by atoms with E-state index < -0.39 is 11.9 Å². The molecular formula is C15H14F3N5O. The molecule has 9 heteroatoms. The molecule has 3 aromatic rings. The minimum Gasteiger partial charge on any atom is -0.456 e. The highest BCUT2D eigenvalue weighted by atomic mass is 19.4. The first kappa shape index (κ1) is 16.0. The van der Waals surface area contributed by atoms with Crippen LogP contribution in [0.5, 0.6) is 0 Å². The zero-order valence-corrected chi connectivity index (χ0v) is 12.9. The topological polar surface area (TPSA) is 68.8 Å². The van der Waals surface area contributed by atoms with Crippen LogP contribution >= 0.6 is 0 Å². The summed E-state index contributed by atoms with van der Waals surface area (Å²) in [5, 5.41) is 6.85. The van der Waals surface area contributed by atoms with Crippen molar-refractivity contribution >= 4 is 5.95 Å². The Balaban J connectivity index is 1.79. The number of aromatic nitrogens is 4. The summed E-state index contributed by atoms with van der Waals surface area (Å²) >= 11 is 0. The largest absolute Gasteiger partial charge is 0.456 e. The van der Waals surface area contributed by atoms with Crippen molar-refractivity contribution in [1.29, 1.82) is 0 Å². The van der Waals surface area contributed by atoms with Gasteiger partial charge < -0.3 is 9.73 Å². The third kappa shape index (κ3) is 3.39. The summed E-state index contributed by atoms with van der Waals surface area (Å²) in [5.41, 5.74) is 1.42. The molecule has 0 aromatic carbocycles. The van der Waals surface area contributed by atoms with E-state index in [0.29, 0.717) is 5.69 Å². The van der Waals surface area contributed by atoms with Crippen LogP contribution in [0.4, 0.5) is 19.1 Å². The summed E-state index contributed by atoms with van der Waals surface area (Å²) in [4.78, 5) is 8.31. The fraction of sp³-hybridized carbons (Fsp3) is 0.267. The SMILES string of the molecule is Cc1cc(CNc2nccc(-c3cnn(C)c3)n2)c(C(F)(F)F)o1. The Morgan fingerprint density at radius 3 is 2.79 bits per heavy atom. The van der Waals surface area contributed by atoms with Crippen LogP contribution in [0.2, 0.25) is 0 Å². The van der Waals surface area contributed by atoms with Gasteiger partial charge in [-0.05, 0) is 19.1 Å². The van der Waals surface area contributed by atoms with Gasteiger partial charge in [0.05, 0.1) is 11.9 Å². The first-order valence-corrected chi connectivity index (χ1v) is 7.05. The second-order valence-electron chi connectivity index (χ2n) is 5.23. The smallest absolute Gasteiger partial charge is 0.449 e. The molecule has 0 radical (unpaired) electrons. The highest BCUT2D eigenvalue weighted by molar-refractivity contribution is 5.57. The van der Waals surface area contributed by atoms with Crippen LogP contribution in [0.15, 0.2) is 35.1 Å². The molecule has 0 unspecified atom stereocenters. The molecule has 126 valence electrons. The molecule has 6 nitrogen and oxygen atoms in total. The Labute approximate surface area is 135 Å². The van der Waals surface area contributed by atoms with Crippen LogP contribution < -0.4 is 5.32 Å². The average Bonchev–Trinajstić information content (AvgIpc) is 3.11. The zero-order chi connectivity index (χ0) is 17.3. The molecule has 0 spiro atoms. The first-order chi connectivity index (χ1) is 11.3. The molecule has 3 heterocycles. The third-order valence-electron chi connectivity index (χ3n) is 3.28. The molecule has 0 saturated carbocycles. The normalized spacial score (nSPS) is 11.7. The van der Waals surface area contributed by atoms with Gasteiger partial charge in [-0.15, -0.1) is 0 Å². The number of anilines is 1. The molecular weight excluding hydrogens is 323 g/mol. The minimum absolute atomic E-state index is 0.00961. The van der Waals surface area contributed by atoms with Crippen molar-refractivity contribution in [2.45, 2.75) is 19.6 Å². The van der Waals surface area contributed by atoms with Gasteiger partial charge in [0.1, 0.15) is 5.76 Å². The summed E-state index contributed by atoms with van der Waals surface area (Å²) < 4.78 is 45.1. The molecule has 0 saturated heterocycles. The third-order valence-corrected chi connectivity index (χ3v) is 3.28. The molecule has 0 aliphatic heterocycles. The molecule has 24 heavy (non-hydrogen) atoms. The minimum atomic E-state index is -4.54. The lowest BCUT2D eigenvalue weighted by Gasteiger charge is -2.08. The maximum Gasteiger partial charge on any atom is 0.449 e. The number of halogens is 3. The highest BCUT2D eigenvalue weighted by Gasteiger charge is 2.37. The Morgan fingerprint density at radius 1 is 1.33 bits per heavy atom. The molecule has 0 atom stereocenters. The van der Waals surface area contributed by atoms with Crippen LogP contribution in [0.25, 0.3) is 11.3 Å². The van der Waals surface area contributed by atoms with E-state index in [9.17, 15) is 13.2 Å². The van der Waals surface area contributed by atoms with Crippen molar-refractivity contribution in [3.63, 3.8) is 0 Å². The van der Waals surface area contributed by atoms with E-state index in [-0.39, 0.29) is 23.8 Å². The lowest BCUT2D eigenvalue weighted by molar-refractivity contribution is -0.154. The number of hydrogen-bond donors (Lipinski definition) is 1. The summed E-state index contributed by atoms with van der Waals surface area (Å²) in [6.45, 7) is 1.38. The molecule has 0 bridgehead atoms. The van der Waals surface area contributed by atoms with E-state index >= 15 is 0 Å². The van der Waals surface area contributed by atoms with Crippen LogP contribution in [-0.4, -0.2) is 19.7 Å². The quantitative estimate of drug-likeness (QED) is 0.790. The van der Waals surface area contributed by atoms with Gasteiger partial charge in [-0.1, -0.05) is 0 Å². The average molecular weight is 337 g/mol. The van der Waals surface area contributed by atoms with Gasteiger partial charge in [-0.25, -0.2) is 9.97 Å². The van der Waals surface area contributed by atoms with E-state index in [1.807, 2.05) is 0 Å². The second kappa shape index (κ2) is 5.99. The summed E-state index contributed by atoms with van der Waals surface area (Å²) in [7, 11) is 1.78. The fourth-order valence-electron chi connectivity index (χ4n) is 2.27. The van der Waals surface area contributed by atoms with Gasteiger partial charge in [0.15, 0.2) is 0 Å². The Bertz CT molecular complexity index is 853. The maximum absolute atomic E-state index is 12.9. The fourth-order valence-corrected chi connectivity index (χ4v) is 2.27. The van der Waals surface area contributed by atoms with Gasteiger partial charge >= 0.3 is 6.18 Å². The Morgan fingerprint density at radius 2 is 2.12 bits per heavy atom. The first-order valence-electron chi connectivity index (χ1n) is 7.05. The molecule has 3 aromatic heterocycles. The van der Waals surface area contributed by atoms with Crippen molar-refractivity contribution in [2.75, 3.05) is 5.32 Å². The summed E-state index contributed by atoms with van der Waals surface area (Å²) in [6.07, 6.45) is 0.424. The number of rotatable bonds is 4. The number of hydrogen-bond acceptors (Lipinski definition) is 5. The highest BCUT2D eigenvalue weighted by Crippen LogP contribution is 2.34. The molecule has 3 rings (SSSR count). The lowest BCUT2D eigenvalue weighted by atomic mass is 10.2. The lowest BCUT2D eigenvalue weighted by Crippen LogP contribution is -2.10. The number of furan rings is 1. The van der Waals surface area contributed by atoms with Crippen LogP contribution in [0.1, 0.15) is 17.1 Å². The van der Waals surface area contributed by atoms with E-state index in [2.05, 4.69) is 20.4 Å². The summed E-state index contributed by atoms with van der Waals surface area (Å²) in [5.74, 6) is -0.580. The second-order valence-corrected chi connectivity index (χ2v) is 5.23. The molecule has 0 aliphatic rings. The van der Waals surface area contributed by atoms with E-state index in [4.69, 9.17) is 4.42 Å². The van der Waals surface area contributed by atoms with Crippen molar-refractivity contribution in [3.05, 3.63) is 47.8 Å². The number of nitrogens with zero attached hydrogens (tertiary/aromatic N) is 4. The van der Waals surface area contributed by atoms with Gasteiger partial charge in [-0.3, -0.25) is 4.68 Å². The molecule has 1 N–H and O–H groups in total. The predicted octanol–water partition coefficient (Wildman–Crippen LogP) is 3.41. The van der Waals surface area contributed by atoms with E-state index in [1.54, 1.807) is 30.2 Å². The number of alkyl halides is 3. The van der Waals surface area contributed by atoms with E-state index in [1.165, 1.54) is 19.2 Å². The van der Waals surface area contributed by atoms with Crippen molar-refractivity contribution < 1.29 is 17.6 Å². The standard InChI is InChI=1S/C15H14F3N5O/c1-9-5-10(13(24-9)15(16,17)18)6-20-14-19-4-3-12(22-14)11-7-21-23(2)8-11/h3-5,7-8H,6H2,1-2H3,(H,19,20,22). The van der Waals surface area contributed by atoms with Gasteiger partial charge in [-0.2, -0.15) is 18.3 Å². The van der Waals surface area contributed by atoms with Gasteiger partial charge in [0.2, 0.25) is 11.7 Å². The molecule has 0 amide bonds. The number of aryl methyl sites for hydroxylation is 2. The van der Waals surface area contributed by atoms with E-state index in [0.717, 1.165) is 5.56 Å².